The van der Waals surface area contributed by atoms with Crippen molar-refractivity contribution in [3.8, 4) is 11.5 Å². The molecular weight excluding hydrogens is 228 g/mol. The number of benzene rings is 1. The maximum Gasteiger partial charge on any atom is 0.182 e. The number of para-hydroxylation sites is 1. The normalized spacial score (nSPS) is 11.6. The summed E-state index contributed by atoms with van der Waals surface area (Å²) < 4.78 is 23.6. The minimum absolute atomic E-state index is 0.00213. The molecule has 0 saturated heterocycles. The zero-order chi connectivity index (χ0) is 12.2. The van der Waals surface area contributed by atoms with Crippen molar-refractivity contribution >= 4 is 9.84 Å². The summed E-state index contributed by atoms with van der Waals surface area (Å²) in [4.78, 5) is -0.191. The summed E-state index contributed by atoms with van der Waals surface area (Å²) in [5.41, 5.74) is 0. The fraction of sp³-hybridized carbons (Fsp3) is 0.455. The minimum Gasteiger partial charge on any atom is -0.504 e. The van der Waals surface area contributed by atoms with Crippen molar-refractivity contribution in [2.24, 2.45) is 0 Å². The third-order valence-electron chi connectivity index (χ3n) is 2.33. The highest BCUT2D eigenvalue weighted by molar-refractivity contribution is 7.91. The molecule has 0 amide bonds. The van der Waals surface area contributed by atoms with Crippen LogP contribution in [0.5, 0.6) is 11.5 Å². The van der Waals surface area contributed by atoms with Crippen molar-refractivity contribution in [2.75, 3.05) is 5.75 Å². The molecule has 0 spiro atoms. The SMILES string of the molecule is CCCCCS(=O)(=O)c1cccc(O)c1O. The van der Waals surface area contributed by atoms with E-state index in [4.69, 9.17) is 0 Å². The molecule has 90 valence electrons. The molecule has 0 aliphatic carbocycles. The second kappa shape index (κ2) is 5.21. The Balaban J connectivity index is 2.94. The Labute approximate surface area is 95.5 Å². The lowest BCUT2D eigenvalue weighted by Crippen LogP contribution is -2.07. The Hall–Kier alpha value is -1.23. The maximum atomic E-state index is 11.8. The van der Waals surface area contributed by atoms with Gasteiger partial charge in [-0.25, -0.2) is 8.42 Å². The first kappa shape index (κ1) is 12.8. The number of unbranched alkanes of at least 4 members (excludes halogenated alkanes) is 2. The molecule has 16 heavy (non-hydrogen) atoms. The van der Waals surface area contributed by atoms with Gasteiger partial charge in [-0.3, -0.25) is 0 Å². The molecule has 5 heteroatoms. The van der Waals surface area contributed by atoms with Crippen LogP contribution in [0.1, 0.15) is 26.2 Å². The Bertz CT molecular complexity index is 451. The van der Waals surface area contributed by atoms with Gasteiger partial charge in [0.25, 0.3) is 0 Å². The maximum absolute atomic E-state index is 11.8. The van der Waals surface area contributed by atoms with Gasteiger partial charge in [0.1, 0.15) is 4.90 Å². The van der Waals surface area contributed by atoms with E-state index in [-0.39, 0.29) is 10.6 Å². The summed E-state index contributed by atoms with van der Waals surface area (Å²) in [6, 6.07) is 3.96. The predicted octanol–water partition coefficient (Wildman–Crippen LogP) is 2.06. The molecule has 1 aromatic rings. The number of phenolic OH excluding ortho intramolecular Hbond substituents is 2. The van der Waals surface area contributed by atoms with Gasteiger partial charge in [0, 0.05) is 0 Å². The quantitative estimate of drug-likeness (QED) is 0.614. The second-order valence-corrected chi connectivity index (χ2v) is 5.73. The average molecular weight is 244 g/mol. The van der Waals surface area contributed by atoms with E-state index in [9.17, 15) is 18.6 Å². The zero-order valence-corrected chi connectivity index (χ0v) is 10.00. The van der Waals surface area contributed by atoms with Crippen molar-refractivity contribution in [1.82, 2.24) is 0 Å². The van der Waals surface area contributed by atoms with Gasteiger partial charge in [-0.2, -0.15) is 0 Å². The largest absolute Gasteiger partial charge is 0.504 e. The van der Waals surface area contributed by atoms with Gasteiger partial charge in [0.05, 0.1) is 5.75 Å². The summed E-state index contributed by atoms with van der Waals surface area (Å²) in [6.07, 6.45) is 2.33. The first-order valence-corrected chi connectivity index (χ1v) is 6.88. The molecular formula is C11H16O4S. The van der Waals surface area contributed by atoms with Gasteiger partial charge in [0.15, 0.2) is 21.3 Å². The topological polar surface area (TPSA) is 74.6 Å². The van der Waals surface area contributed by atoms with Crippen LogP contribution in [-0.4, -0.2) is 24.4 Å². The molecule has 0 atom stereocenters. The summed E-state index contributed by atoms with van der Waals surface area (Å²) in [6.45, 7) is 1.98. The molecule has 4 nitrogen and oxygen atoms in total. The van der Waals surface area contributed by atoms with Crippen molar-refractivity contribution in [3.63, 3.8) is 0 Å². The van der Waals surface area contributed by atoms with Crippen LogP contribution >= 0.6 is 0 Å². The van der Waals surface area contributed by atoms with Crippen LogP contribution in [0.2, 0.25) is 0 Å². The fourth-order valence-corrected chi connectivity index (χ4v) is 2.90. The average Bonchev–Trinajstić information content (AvgIpc) is 2.22. The summed E-state index contributed by atoms with van der Waals surface area (Å²) >= 11 is 0. The summed E-state index contributed by atoms with van der Waals surface area (Å²) in [7, 11) is -3.50. The molecule has 0 bridgehead atoms. The first-order valence-electron chi connectivity index (χ1n) is 5.22. The molecule has 1 rings (SSSR count). The van der Waals surface area contributed by atoms with Crippen molar-refractivity contribution in [1.29, 1.82) is 0 Å². The molecule has 0 aliphatic heterocycles. The molecule has 0 fully saturated rings. The lowest BCUT2D eigenvalue weighted by Gasteiger charge is -2.07. The summed E-state index contributed by atoms with van der Waals surface area (Å²) in [5.74, 6) is -0.965. The van der Waals surface area contributed by atoms with Crippen LogP contribution < -0.4 is 0 Å². The summed E-state index contributed by atoms with van der Waals surface area (Å²) in [5, 5.41) is 18.7. The molecule has 2 N–H and O–H groups in total. The minimum atomic E-state index is -3.50. The molecule has 0 unspecified atom stereocenters. The van der Waals surface area contributed by atoms with E-state index in [0.29, 0.717) is 6.42 Å². The third kappa shape index (κ3) is 2.88. The van der Waals surface area contributed by atoms with E-state index in [2.05, 4.69) is 0 Å². The number of hydrogen-bond acceptors (Lipinski definition) is 4. The van der Waals surface area contributed by atoms with E-state index in [1.54, 1.807) is 0 Å². The number of sulfone groups is 1. The van der Waals surface area contributed by atoms with E-state index >= 15 is 0 Å². The number of hydrogen-bond donors (Lipinski definition) is 2. The second-order valence-electron chi connectivity index (χ2n) is 3.65. The van der Waals surface area contributed by atoms with Gasteiger partial charge in [0.2, 0.25) is 0 Å². The first-order chi connectivity index (χ1) is 7.49. The lowest BCUT2D eigenvalue weighted by molar-refractivity contribution is 0.393. The van der Waals surface area contributed by atoms with Gasteiger partial charge in [-0.1, -0.05) is 25.8 Å². The van der Waals surface area contributed by atoms with Gasteiger partial charge >= 0.3 is 0 Å². The van der Waals surface area contributed by atoms with Crippen LogP contribution in [0.3, 0.4) is 0 Å². The van der Waals surface area contributed by atoms with Crippen LogP contribution in [-0.2, 0) is 9.84 Å². The highest BCUT2D eigenvalue weighted by Crippen LogP contribution is 2.32. The predicted molar refractivity (Wildman–Crippen MR) is 61.3 cm³/mol. The van der Waals surface area contributed by atoms with E-state index < -0.39 is 21.3 Å². The van der Waals surface area contributed by atoms with Crippen molar-refractivity contribution in [3.05, 3.63) is 18.2 Å². The molecule has 0 saturated carbocycles. The van der Waals surface area contributed by atoms with Crippen LogP contribution in [0.15, 0.2) is 23.1 Å². The number of rotatable bonds is 5. The highest BCUT2D eigenvalue weighted by atomic mass is 32.2. The number of phenols is 2. The van der Waals surface area contributed by atoms with Crippen LogP contribution in [0.4, 0.5) is 0 Å². The molecule has 0 aliphatic rings. The fourth-order valence-electron chi connectivity index (χ4n) is 1.41. The monoisotopic (exact) mass is 244 g/mol. The van der Waals surface area contributed by atoms with Gasteiger partial charge < -0.3 is 10.2 Å². The third-order valence-corrected chi connectivity index (χ3v) is 4.16. The Morgan fingerprint density at radius 3 is 2.50 bits per heavy atom. The lowest BCUT2D eigenvalue weighted by atomic mass is 10.3. The Kier molecular flexibility index (Phi) is 4.18. The van der Waals surface area contributed by atoms with Gasteiger partial charge in [-0.05, 0) is 18.6 Å². The van der Waals surface area contributed by atoms with Crippen molar-refractivity contribution < 1.29 is 18.6 Å². The molecule has 0 radical (unpaired) electrons. The Morgan fingerprint density at radius 2 is 1.88 bits per heavy atom. The smallest absolute Gasteiger partial charge is 0.182 e. The van der Waals surface area contributed by atoms with E-state index in [1.165, 1.54) is 18.2 Å². The van der Waals surface area contributed by atoms with E-state index in [1.807, 2.05) is 6.92 Å². The zero-order valence-electron chi connectivity index (χ0n) is 9.18. The van der Waals surface area contributed by atoms with E-state index in [0.717, 1.165) is 12.8 Å². The standard InChI is InChI=1S/C11H16O4S/c1-2-3-4-8-16(14,15)10-7-5-6-9(12)11(10)13/h5-7,12-13H,2-4,8H2,1H3. The molecule has 0 heterocycles. The molecule has 0 aromatic heterocycles. The highest BCUT2D eigenvalue weighted by Gasteiger charge is 2.19. The van der Waals surface area contributed by atoms with Crippen LogP contribution in [0.25, 0.3) is 0 Å². The van der Waals surface area contributed by atoms with Crippen LogP contribution in [0, 0.1) is 0 Å². The number of aromatic hydroxyl groups is 2. The molecule has 1 aromatic carbocycles. The Morgan fingerprint density at radius 1 is 1.19 bits per heavy atom. The van der Waals surface area contributed by atoms with Crippen molar-refractivity contribution in [2.45, 2.75) is 31.1 Å². The van der Waals surface area contributed by atoms with Gasteiger partial charge in [-0.15, -0.1) is 0 Å².